The van der Waals surface area contributed by atoms with Gasteiger partial charge >= 0.3 is 0 Å². The van der Waals surface area contributed by atoms with Crippen LogP contribution in [0.1, 0.15) is 60.8 Å². The lowest BCUT2D eigenvalue weighted by atomic mass is 9.95. The van der Waals surface area contributed by atoms with Crippen LogP contribution in [0.15, 0.2) is 0 Å². The van der Waals surface area contributed by atoms with E-state index in [1.165, 1.54) is 0 Å². The van der Waals surface area contributed by atoms with E-state index in [2.05, 4.69) is 5.32 Å². The zero-order valence-corrected chi connectivity index (χ0v) is 12.7. The van der Waals surface area contributed by atoms with Gasteiger partial charge in [-0.2, -0.15) is 0 Å². The predicted molar refractivity (Wildman–Crippen MR) is 75.6 cm³/mol. The molecule has 0 aromatic carbocycles. The molecule has 0 rings (SSSR count). The van der Waals surface area contributed by atoms with Crippen LogP contribution in [0.5, 0.6) is 0 Å². The predicted octanol–water partition coefficient (Wildman–Crippen LogP) is 2.97. The van der Waals surface area contributed by atoms with Crippen LogP contribution in [0, 0.1) is 11.8 Å². The van der Waals surface area contributed by atoms with Crippen molar-refractivity contribution in [3.05, 3.63) is 0 Å². The zero-order valence-electron chi connectivity index (χ0n) is 12.7. The average molecular weight is 255 g/mol. The second-order valence-corrected chi connectivity index (χ2v) is 5.94. The minimum atomic E-state index is -0.107. The van der Waals surface area contributed by atoms with Crippen molar-refractivity contribution in [2.24, 2.45) is 11.8 Å². The number of hydrogen-bond acceptors (Lipinski definition) is 3. The van der Waals surface area contributed by atoms with Crippen molar-refractivity contribution in [3.8, 4) is 0 Å². The molecule has 3 nitrogen and oxygen atoms in total. The lowest BCUT2D eigenvalue weighted by Gasteiger charge is -2.22. The van der Waals surface area contributed by atoms with Crippen LogP contribution in [0.25, 0.3) is 0 Å². The van der Waals surface area contributed by atoms with Gasteiger partial charge in [0.1, 0.15) is 5.78 Å². The van der Waals surface area contributed by atoms with Crippen molar-refractivity contribution in [1.82, 2.24) is 5.32 Å². The molecule has 0 aromatic rings. The monoisotopic (exact) mass is 255 g/mol. The molecule has 0 aromatic heterocycles. The Morgan fingerprint density at radius 3 is 1.89 bits per heavy atom. The Hall–Kier alpha value is -0.700. The van der Waals surface area contributed by atoms with Crippen LogP contribution in [0.2, 0.25) is 0 Å². The summed E-state index contributed by atoms with van der Waals surface area (Å²) in [4.78, 5) is 23.6. The molecule has 0 saturated heterocycles. The number of nitrogens with one attached hydrogen (secondary N) is 1. The van der Waals surface area contributed by atoms with Gasteiger partial charge in [-0.05, 0) is 12.8 Å². The average Bonchev–Trinajstić information content (AvgIpc) is 2.25. The van der Waals surface area contributed by atoms with E-state index in [4.69, 9.17) is 0 Å². The molecular formula is C15H29NO2. The maximum absolute atomic E-state index is 12.0. The first-order chi connectivity index (χ1) is 8.25. The molecule has 0 amide bonds. The standard InChI is InChI=1S/C15H29NO2/c1-10(2)14(17)9-7-8-13(16-12(5)6)15(18)11(3)4/h10-13,16H,7-9H2,1-6H3. The fraction of sp³-hybridized carbons (Fsp3) is 0.867. The fourth-order valence-electron chi connectivity index (χ4n) is 1.88. The molecule has 0 fully saturated rings. The van der Waals surface area contributed by atoms with Gasteiger partial charge in [0.25, 0.3) is 0 Å². The molecule has 106 valence electrons. The summed E-state index contributed by atoms with van der Waals surface area (Å²) in [6, 6.07) is 0.184. The molecule has 0 saturated carbocycles. The summed E-state index contributed by atoms with van der Waals surface area (Å²) in [5, 5.41) is 3.30. The summed E-state index contributed by atoms with van der Waals surface area (Å²) in [5.41, 5.74) is 0. The Kier molecular flexibility index (Phi) is 8.08. The van der Waals surface area contributed by atoms with E-state index in [0.717, 1.165) is 12.8 Å². The molecule has 0 radical (unpaired) electrons. The van der Waals surface area contributed by atoms with Crippen molar-refractivity contribution in [1.29, 1.82) is 0 Å². The van der Waals surface area contributed by atoms with Crippen molar-refractivity contribution in [2.45, 2.75) is 72.9 Å². The molecule has 0 bridgehead atoms. The second-order valence-electron chi connectivity index (χ2n) is 5.94. The summed E-state index contributed by atoms with van der Waals surface area (Å²) in [7, 11) is 0. The summed E-state index contributed by atoms with van der Waals surface area (Å²) in [6.07, 6.45) is 2.13. The van der Waals surface area contributed by atoms with Crippen LogP contribution < -0.4 is 5.32 Å². The van der Waals surface area contributed by atoms with E-state index < -0.39 is 0 Å². The molecule has 1 atom stereocenters. The largest absolute Gasteiger partial charge is 0.305 e. The number of ketones is 2. The Balaban J connectivity index is 4.25. The number of carbonyl (C=O) groups excluding carboxylic acids is 2. The summed E-state index contributed by atoms with van der Waals surface area (Å²) < 4.78 is 0. The topological polar surface area (TPSA) is 46.2 Å². The molecule has 1 N–H and O–H groups in total. The summed E-state index contributed by atoms with van der Waals surface area (Å²) in [5.74, 6) is 0.681. The van der Waals surface area contributed by atoms with Crippen LogP contribution >= 0.6 is 0 Å². The number of hydrogen-bond donors (Lipinski definition) is 1. The van der Waals surface area contributed by atoms with Crippen LogP contribution in [0.4, 0.5) is 0 Å². The third-order valence-electron chi connectivity index (χ3n) is 3.01. The first-order valence-corrected chi connectivity index (χ1v) is 7.08. The van der Waals surface area contributed by atoms with Gasteiger partial charge < -0.3 is 5.32 Å². The summed E-state index contributed by atoms with van der Waals surface area (Å²) in [6.45, 7) is 11.8. The van der Waals surface area contributed by atoms with Gasteiger partial charge in [-0.3, -0.25) is 9.59 Å². The zero-order chi connectivity index (χ0) is 14.3. The fourth-order valence-corrected chi connectivity index (χ4v) is 1.88. The van der Waals surface area contributed by atoms with E-state index in [9.17, 15) is 9.59 Å². The molecule has 18 heavy (non-hydrogen) atoms. The van der Waals surface area contributed by atoms with E-state index in [-0.39, 0.29) is 29.4 Å². The van der Waals surface area contributed by atoms with E-state index >= 15 is 0 Å². The molecule has 0 heterocycles. The molecule has 0 aliphatic carbocycles. The highest BCUT2D eigenvalue weighted by Gasteiger charge is 2.21. The van der Waals surface area contributed by atoms with Gasteiger partial charge in [0.15, 0.2) is 5.78 Å². The van der Waals surface area contributed by atoms with Gasteiger partial charge in [-0.15, -0.1) is 0 Å². The number of rotatable bonds is 9. The Morgan fingerprint density at radius 1 is 0.944 bits per heavy atom. The Morgan fingerprint density at radius 2 is 1.50 bits per heavy atom. The normalized spacial score (nSPS) is 13.4. The van der Waals surface area contributed by atoms with Crippen molar-refractivity contribution in [3.63, 3.8) is 0 Å². The highest BCUT2D eigenvalue weighted by molar-refractivity contribution is 5.86. The lowest BCUT2D eigenvalue weighted by Crippen LogP contribution is -2.42. The molecule has 0 spiro atoms. The smallest absolute Gasteiger partial charge is 0.152 e. The third-order valence-corrected chi connectivity index (χ3v) is 3.01. The van der Waals surface area contributed by atoms with Crippen molar-refractivity contribution < 1.29 is 9.59 Å². The molecule has 0 aliphatic heterocycles. The highest BCUT2D eigenvalue weighted by Crippen LogP contribution is 2.11. The molecule has 0 aliphatic rings. The minimum Gasteiger partial charge on any atom is -0.305 e. The highest BCUT2D eigenvalue weighted by atomic mass is 16.1. The maximum Gasteiger partial charge on any atom is 0.152 e. The molecular weight excluding hydrogens is 226 g/mol. The maximum atomic E-state index is 12.0. The van der Waals surface area contributed by atoms with Crippen LogP contribution in [0.3, 0.4) is 0 Å². The van der Waals surface area contributed by atoms with Gasteiger partial charge in [0, 0.05) is 24.3 Å². The van der Waals surface area contributed by atoms with Gasteiger partial charge in [-0.25, -0.2) is 0 Å². The van der Waals surface area contributed by atoms with Gasteiger partial charge in [0.05, 0.1) is 6.04 Å². The van der Waals surface area contributed by atoms with Crippen molar-refractivity contribution in [2.75, 3.05) is 0 Å². The van der Waals surface area contributed by atoms with Gasteiger partial charge in [-0.1, -0.05) is 41.5 Å². The van der Waals surface area contributed by atoms with Crippen LogP contribution in [-0.4, -0.2) is 23.7 Å². The van der Waals surface area contributed by atoms with E-state index in [0.29, 0.717) is 12.5 Å². The second kappa shape index (κ2) is 8.41. The van der Waals surface area contributed by atoms with Crippen molar-refractivity contribution >= 4 is 11.6 Å². The molecule has 1 unspecified atom stereocenters. The number of Topliss-reactive ketones (excluding diaryl/α,β-unsaturated/α-hetero) is 2. The van der Waals surface area contributed by atoms with E-state index in [1.807, 2.05) is 41.5 Å². The van der Waals surface area contributed by atoms with Crippen LogP contribution in [-0.2, 0) is 9.59 Å². The van der Waals surface area contributed by atoms with E-state index in [1.54, 1.807) is 0 Å². The Labute approximate surface area is 112 Å². The van der Waals surface area contributed by atoms with Gasteiger partial charge in [0.2, 0.25) is 0 Å². The first-order valence-electron chi connectivity index (χ1n) is 7.08. The minimum absolute atomic E-state index is 0.0436. The lowest BCUT2D eigenvalue weighted by molar-refractivity contribution is -0.125. The SMILES string of the molecule is CC(C)NC(CCCC(=O)C(C)C)C(=O)C(C)C. The number of carbonyl (C=O) groups is 2. The molecule has 3 heteroatoms. The Bertz CT molecular complexity index is 270. The third kappa shape index (κ3) is 6.90. The quantitative estimate of drug-likeness (QED) is 0.689. The summed E-state index contributed by atoms with van der Waals surface area (Å²) >= 11 is 0. The first kappa shape index (κ1) is 17.3.